The maximum Gasteiger partial charge on any atom is 0.229 e. The topological polar surface area (TPSA) is 41.1 Å². The Labute approximate surface area is 77.2 Å². The van der Waals surface area contributed by atoms with Crippen molar-refractivity contribution in [3.8, 4) is 0 Å². The van der Waals surface area contributed by atoms with Crippen LogP contribution < -0.4 is 10.6 Å². The van der Waals surface area contributed by atoms with Crippen molar-refractivity contribution in [2.75, 3.05) is 6.54 Å². The lowest BCUT2D eigenvalue weighted by atomic mass is 10.4. The molecule has 1 aliphatic carbocycles. The largest absolute Gasteiger partial charge is 0.359 e. The quantitative estimate of drug-likeness (QED) is 0.498. The van der Waals surface area contributed by atoms with E-state index in [1.165, 1.54) is 0 Å². The van der Waals surface area contributed by atoms with Crippen molar-refractivity contribution in [3.05, 3.63) is 12.7 Å². The standard InChI is InChI=1S/C8H12N2OS/c1-2-5-9-8(12)10-7(11)6-3-4-6/h2,6H,1,3-5H2,(H2,9,10,11,12). The van der Waals surface area contributed by atoms with E-state index in [1.807, 2.05) is 0 Å². The summed E-state index contributed by atoms with van der Waals surface area (Å²) in [6.45, 7) is 4.11. The molecule has 0 aromatic rings. The molecule has 0 radical (unpaired) electrons. The lowest BCUT2D eigenvalue weighted by Gasteiger charge is -2.05. The SMILES string of the molecule is C=CCNC(=S)NC(=O)C1CC1. The van der Waals surface area contributed by atoms with Crippen LogP contribution in [0.1, 0.15) is 12.8 Å². The molecule has 0 aliphatic heterocycles. The summed E-state index contributed by atoms with van der Waals surface area (Å²) in [7, 11) is 0. The molecule has 1 fully saturated rings. The summed E-state index contributed by atoms with van der Waals surface area (Å²) in [5.41, 5.74) is 0. The van der Waals surface area contributed by atoms with Gasteiger partial charge in [0.2, 0.25) is 5.91 Å². The van der Waals surface area contributed by atoms with Crippen LogP contribution in [0.5, 0.6) is 0 Å². The van der Waals surface area contributed by atoms with Gasteiger partial charge in [-0.1, -0.05) is 6.08 Å². The molecule has 0 heterocycles. The third-order valence-corrected chi connectivity index (χ3v) is 1.84. The molecular weight excluding hydrogens is 172 g/mol. The van der Waals surface area contributed by atoms with Gasteiger partial charge >= 0.3 is 0 Å². The Morgan fingerprint density at radius 2 is 2.33 bits per heavy atom. The number of rotatable bonds is 3. The van der Waals surface area contributed by atoms with Crippen molar-refractivity contribution in [3.63, 3.8) is 0 Å². The molecule has 3 nitrogen and oxygen atoms in total. The smallest absolute Gasteiger partial charge is 0.229 e. The summed E-state index contributed by atoms with van der Waals surface area (Å²) in [5, 5.41) is 5.83. The lowest BCUT2D eigenvalue weighted by molar-refractivity contribution is -0.120. The van der Waals surface area contributed by atoms with Gasteiger partial charge in [0.1, 0.15) is 0 Å². The van der Waals surface area contributed by atoms with Gasteiger partial charge in [-0.25, -0.2) is 0 Å². The van der Waals surface area contributed by atoms with E-state index in [1.54, 1.807) is 6.08 Å². The first kappa shape index (κ1) is 9.19. The molecule has 1 saturated carbocycles. The fraction of sp³-hybridized carbons (Fsp3) is 0.500. The van der Waals surface area contributed by atoms with Crippen molar-refractivity contribution in [1.29, 1.82) is 0 Å². The Balaban J connectivity index is 2.15. The van der Waals surface area contributed by atoms with Crippen molar-refractivity contribution in [2.45, 2.75) is 12.8 Å². The molecule has 0 aromatic heterocycles. The van der Waals surface area contributed by atoms with E-state index in [4.69, 9.17) is 12.2 Å². The average Bonchev–Trinajstić information content (AvgIpc) is 2.82. The highest BCUT2D eigenvalue weighted by Gasteiger charge is 2.29. The zero-order chi connectivity index (χ0) is 8.97. The first-order valence-electron chi connectivity index (χ1n) is 3.93. The van der Waals surface area contributed by atoms with Crippen molar-refractivity contribution < 1.29 is 4.79 Å². The third-order valence-electron chi connectivity index (χ3n) is 1.59. The van der Waals surface area contributed by atoms with E-state index in [9.17, 15) is 4.79 Å². The Morgan fingerprint density at radius 3 is 2.83 bits per heavy atom. The Hall–Kier alpha value is -0.900. The molecule has 1 amide bonds. The van der Waals surface area contributed by atoms with Crippen LogP contribution in [0, 0.1) is 5.92 Å². The highest BCUT2D eigenvalue weighted by atomic mass is 32.1. The molecule has 4 heteroatoms. The van der Waals surface area contributed by atoms with E-state index < -0.39 is 0 Å². The molecule has 0 saturated heterocycles. The normalized spacial score (nSPS) is 15.0. The maximum atomic E-state index is 11.1. The minimum Gasteiger partial charge on any atom is -0.359 e. The Bertz CT molecular complexity index is 211. The van der Waals surface area contributed by atoms with Gasteiger partial charge in [0.15, 0.2) is 5.11 Å². The summed E-state index contributed by atoms with van der Waals surface area (Å²) in [6.07, 6.45) is 3.68. The van der Waals surface area contributed by atoms with E-state index in [0.29, 0.717) is 11.7 Å². The van der Waals surface area contributed by atoms with Crippen molar-refractivity contribution in [2.24, 2.45) is 5.92 Å². The summed E-state index contributed by atoms with van der Waals surface area (Å²) in [4.78, 5) is 11.1. The van der Waals surface area contributed by atoms with Crippen LogP contribution in [0.15, 0.2) is 12.7 Å². The van der Waals surface area contributed by atoms with Crippen molar-refractivity contribution >= 4 is 23.2 Å². The van der Waals surface area contributed by atoms with Gasteiger partial charge in [0, 0.05) is 12.5 Å². The van der Waals surface area contributed by atoms with Crippen LogP contribution in [0.4, 0.5) is 0 Å². The summed E-state index contributed by atoms with van der Waals surface area (Å²) in [6, 6.07) is 0. The monoisotopic (exact) mass is 184 g/mol. The fourth-order valence-electron chi connectivity index (χ4n) is 0.769. The van der Waals surface area contributed by atoms with E-state index in [-0.39, 0.29) is 11.8 Å². The zero-order valence-electron chi connectivity index (χ0n) is 6.80. The molecule has 0 atom stereocenters. The van der Waals surface area contributed by atoms with Crippen molar-refractivity contribution in [1.82, 2.24) is 10.6 Å². The number of hydrogen-bond acceptors (Lipinski definition) is 2. The number of hydrogen-bond donors (Lipinski definition) is 2. The highest BCUT2D eigenvalue weighted by molar-refractivity contribution is 7.80. The molecule has 0 aromatic carbocycles. The number of thiocarbonyl (C=S) groups is 1. The molecule has 0 bridgehead atoms. The number of amides is 1. The average molecular weight is 184 g/mol. The zero-order valence-corrected chi connectivity index (χ0v) is 7.62. The van der Waals surface area contributed by atoms with Gasteiger partial charge in [-0.3, -0.25) is 4.79 Å². The predicted octanol–water partition coefficient (Wildman–Crippen LogP) is 0.573. The molecule has 1 rings (SSSR count). The summed E-state index contributed by atoms with van der Waals surface area (Å²) < 4.78 is 0. The molecule has 0 spiro atoms. The summed E-state index contributed by atoms with van der Waals surface area (Å²) >= 11 is 4.85. The van der Waals surface area contributed by atoms with E-state index >= 15 is 0 Å². The van der Waals surface area contributed by atoms with Crippen LogP contribution in [0.25, 0.3) is 0 Å². The molecule has 0 unspecified atom stereocenters. The Kier molecular flexibility index (Phi) is 3.22. The third kappa shape index (κ3) is 3.00. The molecule has 2 N–H and O–H groups in total. The lowest BCUT2D eigenvalue weighted by Crippen LogP contribution is -2.39. The first-order valence-corrected chi connectivity index (χ1v) is 4.34. The van der Waals surface area contributed by atoms with Gasteiger partial charge in [0.05, 0.1) is 0 Å². The predicted molar refractivity (Wildman–Crippen MR) is 51.7 cm³/mol. The van der Waals surface area contributed by atoms with E-state index in [0.717, 1.165) is 12.8 Å². The van der Waals surface area contributed by atoms with Crippen LogP contribution in [-0.2, 0) is 4.79 Å². The maximum absolute atomic E-state index is 11.1. The highest BCUT2D eigenvalue weighted by Crippen LogP contribution is 2.28. The van der Waals surface area contributed by atoms with Crippen LogP contribution in [0.2, 0.25) is 0 Å². The molecule has 1 aliphatic rings. The second-order valence-electron chi connectivity index (χ2n) is 2.76. The summed E-state index contributed by atoms with van der Waals surface area (Å²) in [5.74, 6) is 0.241. The number of nitrogens with one attached hydrogen (secondary N) is 2. The molecular formula is C8H12N2OS. The Morgan fingerprint density at radius 1 is 1.67 bits per heavy atom. The van der Waals surface area contributed by atoms with Gasteiger partial charge < -0.3 is 10.6 Å². The number of carbonyl (C=O) groups excluding carboxylic acids is 1. The van der Waals surface area contributed by atoms with Gasteiger partial charge in [-0.15, -0.1) is 6.58 Å². The fourth-order valence-corrected chi connectivity index (χ4v) is 0.952. The second kappa shape index (κ2) is 4.21. The first-order chi connectivity index (χ1) is 5.74. The van der Waals surface area contributed by atoms with Crippen LogP contribution in [0.3, 0.4) is 0 Å². The van der Waals surface area contributed by atoms with Gasteiger partial charge in [0.25, 0.3) is 0 Å². The second-order valence-corrected chi connectivity index (χ2v) is 3.17. The molecule has 12 heavy (non-hydrogen) atoms. The van der Waals surface area contributed by atoms with Gasteiger partial charge in [-0.2, -0.15) is 0 Å². The minimum absolute atomic E-state index is 0.0385. The van der Waals surface area contributed by atoms with Crippen LogP contribution >= 0.6 is 12.2 Å². The minimum atomic E-state index is 0.0385. The van der Waals surface area contributed by atoms with Crippen LogP contribution in [-0.4, -0.2) is 17.6 Å². The molecule has 66 valence electrons. The van der Waals surface area contributed by atoms with E-state index in [2.05, 4.69) is 17.2 Å². The number of carbonyl (C=O) groups is 1. The van der Waals surface area contributed by atoms with Gasteiger partial charge in [-0.05, 0) is 25.1 Å².